The summed E-state index contributed by atoms with van der Waals surface area (Å²) in [5.41, 5.74) is 1.02. The van der Waals surface area contributed by atoms with E-state index in [9.17, 15) is 4.79 Å². The molecule has 1 aliphatic heterocycles. The maximum Gasteiger partial charge on any atom is 0.230 e. The fourth-order valence-corrected chi connectivity index (χ4v) is 4.87. The number of para-hydroxylation sites is 1. The lowest BCUT2D eigenvalue weighted by Crippen LogP contribution is -2.38. The Morgan fingerprint density at radius 1 is 1.36 bits per heavy atom. The Hall–Kier alpha value is -1.11. The fraction of sp³-hybridized carbons (Fsp3) is 0.500. The Balaban J connectivity index is 1.27. The number of thiazole rings is 1. The molecule has 2 aliphatic rings. The van der Waals surface area contributed by atoms with Gasteiger partial charge in [-0.2, -0.15) is 0 Å². The van der Waals surface area contributed by atoms with Crippen molar-refractivity contribution in [3.05, 3.63) is 24.3 Å². The number of hydrogen-bond donors (Lipinski definition) is 1. The molecule has 0 spiro atoms. The molecule has 2 heterocycles. The van der Waals surface area contributed by atoms with E-state index in [2.05, 4.69) is 21.3 Å². The summed E-state index contributed by atoms with van der Waals surface area (Å²) in [6.07, 6.45) is 3.77. The number of thioether (sulfide) groups is 1. The average Bonchev–Trinajstić information content (AvgIpc) is 3.12. The van der Waals surface area contributed by atoms with E-state index in [1.165, 1.54) is 29.3 Å². The van der Waals surface area contributed by atoms with Crippen molar-refractivity contribution in [3.63, 3.8) is 0 Å². The molecule has 1 saturated heterocycles. The van der Waals surface area contributed by atoms with Crippen LogP contribution >= 0.6 is 23.1 Å². The molecule has 1 aromatic carbocycles. The van der Waals surface area contributed by atoms with E-state index < -0.39 is 0 Å². The minimum absolute atomic E-state index is 0.131. The summed E-state index contributed by atoms with van der Waals surface area (Å²) in [4.78, 5) is 19.2. The first-order chi connectivity index (χ1) is 10.8. The molecule has 0 bridgehead atoms. The van der Waals surface area contributed by atoms with E-state index in [1.807, 2.05) is 18.2 Å². The van der Waals surface area contributed by atoms with Gasteiger partial charge in [-0.1, -0.05) is 23.9 Å². The Bertz CT molecular complexity index is 650. The third-order valence-corrected chi connectivity index (χ3v) is 6.43. The Kier molecular flexibility index (Phi) is 4.07. The maximum absolute atomic E-state index is 12.1. The summed E-state index contributed by atoms with van der Waals surface area (Å²) < 4.78 is 2.16. The van der Waals surface area contributed by atoms with Crippen LogP contribution in [0.15, 0.2) is 28.6 Å². The van der Waals surface area contributed by atoms with Gasteiger partial charge in [-0.3, -0.25) is 9.69 Å². The van der Waals surface area contributed by atoms with Crippen molar-refractivity contribution in [2.75, 3.05) is 18.8 Å². The molecule has 1 aromatic heterocycles. The number of rotatable bonds is 5. The summed E-state index contributed by atoms with van der Waals surface area (Å²) in [5, 5.41) is 3.17. The minimum atomic E-state index is 0.131. The molecular weight excluding hydrogens is 314 g/mol. The predicted molar refractivity (Wildman–Crippen MR) is 91.5 cm³/mol. The average molecular weight is 333 g/mol. The number of likely N-dealkylation sites (tertiary alicyclic amines) is 1. The fourth-order valence-electron chi connectivity index (χ4n) is 2.99. The lowest BCUT2D eigenvalue weighted by Gasteiger charge is -2.15. The largest absolute Gasteiger partial charge is 0.351 e. The van der Waals surface area contributed by atoms with Crippen molar-refractivity contribution < 1.29 is 4.79 Å². The molecule has 2 aromatic rings. The number of amides is 1. The Labute approximate surface area is 138 Å². The van der Waals surface area contributed by atoms with E-state index in [0.29, 0.717) is 11.8 Å². The molecule has 1 atom stereocenters. The van der Waals surface area contributed by atoms with Gasteiger partial charge in [0.15, 0.2) is 4.34 Å². The number of hydrogen-bond acceptors (Lipinski definition) is 5. The van der Waals surface area contributed by atoms with Crippen molar-refractivity contribution >= 4 is 39.2 Å². The van der Waals surface area contributed by atoms with Crippen molar-refractivity contribution in [2.45, 2.75) is 35.7 Å². The highest BCUT2D eigenvalue weighted by molar-refractivity contribution is 8.01. The highest BCUT2D eigenvalue weighted by Crippen LogP contribution is 2.30. The molecule has 1 aliphatic carbocycles. The number of nitrogens with zero attached hydrogens (tertiary/aromatic N) is 2. The van der Waals surface area contributed by atoms with Gasteiger partial charge >= 0.3 is 0 Å². The molecule has 0 unspecified atom stereocenters. The van der Waals surface area contributed by atoms with E-state index in [1.54, 1.807) is 11.3 Å². The predicted octanol–water partition coefficient (Wildman–Crippen LogP) is 2.74. The number of benzene rings is 1. The number of nitrogens with one attached hydrogen (secondary N) is 1. The van der Waals surface area contributed by atoms with Gasteiger partial charge in [0.25, 0.3) is 0 Å². The summed E-state index contributed by atoms with van der Waals surface area (Å²) in [6.45, 7) is 2.17. The highest BCUT2D eigenvalue weighted by Gasteiger charge is 2.34. The van der Waals surface area contributed by atoms with Gasteiger partial charge in [-0.05, 0) is 31.4 Å². The number of carbonyl (C=O) groups excluding carboxylic acids is 1. The Morgan fingerprint density at radius 2 is 2.23 bits per heavy atom. The summed E-state index contributed by atoms with van der Waals surface area (Å²) in [6, 6.07) is 9.24. The van der Waals surface area contributed by atoms with Crippen LogP contribution in [0, 0.1) is 0 Å². The monoisotopic (exact) mass is 333 g/mol. The third-order valence-electron chi connectivity index (χ3n) is 4.25. The summed E-state index contributed by atoms with van der Waals surface area (Å²) >= 11 is 3.20. The van der Waals surface area contributed by atoms with Gasteiger partial charge in [0.05, 0.1) is 16.0 Å². The second kappa shape index (κ2) is 6.18. The van der Waals surface area contributed by atoms with Gasteiger partial charge in [-0.25, -0.2) is 4.98 Å². The van der Waals surface area contributed by atoms with Crippen molar-refractivity contribution in [1.82, 2.24) is 15.2 Å². The zero-order chi connectivity index (χ0) is 14.9. The van der Waals surface area contributed by atoms with Crippen LogP contribution in [-0.4, -0.2) is 46.7 Å². The van der Waals surface area contributed by atoms with E-state index in [0.717, 1.165) is 35.4 Å². The van der Waals surface area contributed by atoms with E-state index >= 15 is 0 Å². The van der Waals surface area contributed by atoms with Crippen LogP contribution in [0.25, 0.3) is 10.2 Å². The summed E-state index contributed by atoms with van der Waals surface area (Å²) in [7, 11) is 0. The third kappa shape index (κ3) is 3.29. The van der Waals surface area contributed by atoms with Gasteiger partial charge < -0.3 is 5.32 Å². The second-order valence-corrected chi connectivity index (χ2v) is 8.27. The molecule has 1 amide bonds. The van der Waals surface area contributed by atoms with Crippen molar-refractivity contribution in [3.8, 4) is 0 Å². The molecule has 2 fully saturated rings. The topological polar surface area (TPSA) is 45.2 Å². The first kappa shape index (κ1) is 14.5. The number of carbonyl (C=O) groups is 1. The lowest BCUT2D eigenvalue weighted by atomic mass is 10.2. The first-order valence-electron chi connectivity index (χ1n) is 7.80. The normalized spacial score (nSPS) is 22.3. The van der Waals surface area contributed by atoms with Crippen LogP contribution in [0.3, 0.4) is 0 Å². The number of fused-ring (bicyclic) bond motifs is 1. The van der Waals surface area contributed by atoms with Gasteiger partial charge in [0.2, 0.25) is 5.91 Å². The molecule has 1 saturated carbocycles. The molecule has 22 heavy (non-hydrogen) atoms. The molecular formula is C16H19N3OS2. The standard InChI is InChI=1S/C16H19N3OS2/c20-15(17-11-7-8-19(9-11)12-5-6-12)10-21-16-18-13-3-1-2-4-14(13)22-16/h1-4,11-12H,5-10H2,(H,17,20)/t11-/m0/s1. The maximum atomic E-state index is 12.1. The highest BCUT2D eigenvalue weighted by atomic mass is 32.2. The van der Waals surface area contributed by atoms with Crippen LogP contribution in [0.2, 0.25) is 0 Å². The minimum Gasteiger partial charge on any atom is -0.351 e. The molecule has 4 nitrogen and oxygen atoms in total. The molecule has 0 radical (unpaired) electrons. The Morgan fingerprint density at radius 3 is 3.05 bits per heavy atom. The smallest absolute Gasteiger partial charge is 0.230 e. The lowest BCUT2D eigenvalue weighted by molar-refractivity contribution is -0.119. The quantitative estimate of drug-likeness (QED) is 0.855. The van der Waals surface area contributed by atoms with Gasteiger partial charge in [0.1, 0.15) is 0 Å². The van der Waals surface area contributed by atoms with E-state index in [4.69, 9.17) is 0 Å². The van der Waals surface area contributed by atoms with Gasteiger partial charge in [0, 0.05) is 25.2 Å². The number of aromatic nitrogens is 1. The SMILES string of the molecule is O=C(CSc1nc2ccccc2s1)N[C@H]1CCN(C2CC2)C1. The van der Waals surface area contributed by atoms with Crippen LogP contribution < -0.4 is 5.32 Å². The molecule has 1 N–H and O–H groups in total. The van der Waals surface area contributed by atoms with Crippen molar-refractivity contribution in [1.29, 1.82) is 0 Å². The summed E-state index contributed by atoms with van der Waals surface area (Å²) in [5.74, 6) is 0.589. The molecule has 116 valence electrons. The van der Waals surface area contributed by atoms with Crippen LogP contribution in [0.5, 0.6) is 0 Å². The van der Waals surface area contributed by atoms with Gasteiger partial charge in [-0.15, -0.1) is 11.3 Å². The van der Waals surface area contributed by atoms with Crippen LogP contribution in [0.4, 0.5) is 0 Å². The zero-order valence-corrected chi connectivity index (χ0v) is 14.0. The van der Waals surface area contributed by atoms with Crippen molar-refractivity contribution in [2.24, 2.45) is 0 Å². The van der Waals surface area contributed by atoms with E-state index in [-0.39, 0.29) is 5.91 Å². The zero-order valence-electron chi connectivity index (χ0n) is 12.3. The second-order valence-electron chi connectivity index (χ2n) is 6.02. The molecule has 4 rings (SSSR count). The van der Waals surface area contributed by atoms with Crippen LogP contribution in [-0.2, 0) is 4.79 Å². The first-order valence-corrected chi connectivity index (χ1v) is 9.60. The molecule has 6 heteroatoms. The van der Waals surface area contributed by atoms with Crippen LogP contribution in [0.1, 0.15) is 19.3 Å².